The molecular weight excluding hydrogens is 155 g/mol. The van der Waals surface area contributed by atoms with E-state index in [1.807, 2.05) is 0 Å². The first-order valence-corrected chi connectivity index (χ1v) is 3.66. The topological polar surface area (TPSA) is 12.0 Å². The van der Waals surface area contributed by atoms with Crippen molar-refractivity contribution in [1.29, 1.82) is 0 Å². The molecule has 1 nitrogen and oxygen atoms in total. The van der Waals surface area contributed by atoms with Crippen LogP contribution in [0.15, 0.2) is 0 Å². The summed E-state index contributed by atoms with van der Waals surface area (Å²) in [6.07, 6.45) is -3.84. The molecule has 66 valence electrons. The molecule has 0 aromatic carbocycles. The zero-order valence-corrected chi connectivity index (χ0v) is 6.63. The molecule has 1 aliphatic heterocycles. The monoisotopic (exact) mass is 167 g/mol. The zero-order chi connectivity index (χ0) is 8.70. The quantitative estimate of drug-likeness (QED) is 0.581. The lowest BCUT2D eigenvalue weighted by Crippen LogP contribution is -2.44. The Kier molecular flexibility index (Phi) is 1.90. The van der Waals surface area contributed by atoms with Crippen molar-refractivity contribution in [2.24, 2.45) is 5.92 Å². The Morgan fingerprint density at radius 2 is 1.91 bits per heavy atom. The number of halogens is 3. The Balaban J connectivity index is 2.73. The van der Waals surface area contributed by atoms with Crippen LogP contribution in [0.5, 0.6) is 0 Å². The molecule has 0 radical (unpaired) electrons. The molecule has 0 spiro atoms. The number of alkyl halides is 3. The van der Waals surface area contributed by atoms with Gasteiger partial charge in [-0.25, -0.2) is 0 Å². The highest BCUT2D eigenvalue weighted by Crippen LogP contribution is 2.39. The molecule has 0 unspecified atom stereocenters. The predicted molar refractivity (Wildman–Crippen MR) is 36.2 cm³/mol. The zero-order valence-electron chi connectivity index (χ0n) is 6.63. The second-order valence-electron chi connectivity index (χ2n) is 3.53. The Morgan fingerprint density at radius 1 is 1.36 bits per heavy atom. The van der Waals surface area contributed by atoms with E-state index in [1.54, 1.807) is 13.8 Å². The summed E-state index contributed by atoms with van der Waals surface area (Å²) in [5.41, 5.74) is -0.780. The number of hydrogen-bond acceptors (Lipinski definition) is 1. The highest BCUT2D eigenvalue weighted by atomic mass is 19.4. The molecule has 0 bridgehead atoms. The maximum absolute atomic E-state index is 12.2. The third-order valence-electron chi connectivity index (χ3n) is 2.28. The lowest BCUT2D eigenvalue weighted by atomic mass is 9.89. The minimum Gasteiger partial charge on any atom is -0.311 e. The maximum Gasteiger partial charge on any atom is 0.393 e. The molecule has 0 amide bonds. The van der Waals surface area contributed by atoms with Crippen molar-refractivity contribution in [3.63, 3.8) is 0 Å². The molecule has 4 heteroatoms. The molecule has 1 atom stereocenters. The minimum absolute atomic E-state index is 0.205. The van der Waals surface area contributed by atoms with Gasteiger partial charge in [0.25, 0.3) is 0 Å². The van der Waals surface area contributed by atoms with Crippen molar-refractivity contribution in [2.75, 3.05) is 6.54 Å². The van der Waals surface area contributed by atoms with E-state index in [1.165, 1.54) is 0 Å². The average Bonchev–Trinajstić information content (AvgIpc) is 2.06. The van der Waals surface area contributed by atoms with Crippen LogP contribution < -0.4 is 5.32 Å². The van der Waals surface area contributed by atoms with Gasteiger partial charge in [-0.2, -0.15) is 13.2 Å². The van der Waals surface area contributed by atoms with Gasteiger partial charge in [0.2, 0.25) is 0 Å². The van der Waals surface area contributed by atoms with E-state index in [4.69, 9.17) is 0 Å². The van der Waals surface area contributed by atoms with Crippen LogP contribution in [0.2, 0.25) is 0 Å². The van der Waals surface area contributed by atoms with Gasteiger partial charge in [0.05, 0.1) is 5.92 Å². The first kappa shape index (κ1) is 8.84. The average molecular weight is 167 g/mol. The van der Waals surface area contributed by atoms with Crippen molar-refractivity contribution < 1.29 is 13.2 Å². The Hall–Kier alpha value is -0.250. The first-order chi connectivity index (χ1) is 4.84. The molecule has 11 heavy (non-hydrogen) atoms. The maximum atomic E-state index is 12.2. The van der Waals surface area contributed by atoms with Crippen LogP contribution in [-0.2, 0) is 0 Å². The van der Waals surface area contributed by atoms with Gasteiger partial charge in [0, 0.05) is 5.54 Å². The minimum atomic E-state index is -4.05. The van der Waals surface area contributed by atoms with E-state index in [9.17, 15) is 13.2 Å². The van der Waals surface area contributed by atoms with E-state index in [0.717, 1.165) is 0 Å². The Bertz CT molecular complexity index is 150. The molecule has 1 aliphatic rings. The van der Waals surface area contributed by atoms with Crippen LogP contribution in [0.3, 0.4) is 0 Å². The molecule has 1 heterocycles. The molecule has 1 fully saturated rings. The van der Waals surface area contributed by atoms with E-state index in [-0.39, 0.29) is 6.42 Å². The van der Waals surface area contributed by atoms with Crippen LogP contribution in [0.1, 0.15) is 20.3 Å². The first-order valence-electron chi connectivity index (χ1n) is 3.66. The van der Waals surface area contributed by atoms with Crippen molar-refractivity contribution in [2.45, 2.75) is 32.0 Å². The smallest absolute Gasteiger partial charge is 0.311 e. The summed E-state index contributed by atoms with van der Waals surface area (Å²) < 4.78 is 36.6. The molecule has 0 aromatic heterocycles. The molecular formula is C7H12F3N. The van der Waals surface area contributed by atoms with Crippen molar-refractivity contribution >= 4 is 0 Å². The summed E-state index contributed by atoms with van der Waals surface area (Å²) in [6, 6.07) is 0. The van der Waals surface area contributed by atoms with Crippen molar-refractivity contribution in [3.8, 4) is 0 Å². The second-order valence-corrected chi connectivity index (χ2v) is 3.53. The van der Waals surface area contributed by atoms with Gasteiger partial charge in [-0.15, -0.1) is 0 Å². The number of hydrogen-bond donors (Lipinski definition) is 1. The highest BCUT2D eigenvalue weighted by molar-refractivity contribution is 4.95. The van der Waals surface area contributed by atoms with Crippen LogP contribution in [-0.4, -0.2) is 18.3 Å². The summed E-state index contributed by atoms with van der Waals surface area (Å²) >= 11 is 0. The second kappa shape index (κ2) is 2.37. The van der Waals surface area contributed by atoms with Crippen LogP contribution in [0.4, 0.5) is 13.2 Å². The number of nitrogens with one attached hydrogen (secondary N) is 1. The lowest BCUT2D eigenvalue weighted by Gasteiger charge is -2.28. The van der Waals surface area contributed by atoms with Crippen molar-refractivity contribution in [1.82, 2.24) is 5.32 Å². The van der Waals surface area contributed by atoms with Crippen molar-refractivity contribution in [3.05, 3.63) is 0 Å². The largest absolute Gasteiger partial charge is 0.393 e. The third-order valence-corrected chi connectivity index (χ3v) is 2.28. The van der Waals surface area contributed by atoms with Gasteiger partial charge >= 0.3 is 6.18 Å². The predicted octanol–water partition coefficient (Wildman–Crippen LogP) is 1.94. The summed E-state index contributed by atoms with van der Waals surface area (Å²) in [5.74, 6) is -1.19. The molecule has 1 N–H and O–H groups in total. The fourth-order valence-electron chi connectivity index (χ4n) is 1.60. The molecule has 0 aliphatic carbocycles. The standard InChI is InChI=1S/C7H12F3N/c1-6(2)5(3-4-11-6)7(8,9)10/h5,11H,3-4H2,1-2H3/t5-/m1/s1. The van der Waals surface area contributed by atoms with Gasteiger partial charge < -0.3 is 5.32 Å². The summed E-state index contributed by atoms with van der Waals surface area (Å²) in [7, 11) is 0. The van der Waals surface area contributed by atoms with Gasteiger partial charge in [-0.1, -0.05) is 0 Å². The van der Waals surface area contributed by atoms with E-state index >= 15 is 0 Å². The van der Waals surface area contributed by atoms with Gasteiger partial charge in [0.1, 0.15) is 0 Å². The van der Waals surface area contributed by atoms with Crippen LogP contribution in [0.25, 0.3) is 0 Å². The highest BCUT2D eigenvalue weighted by Gasteiger charge is 2.51. The van der Waals surface area contributed by atoms with Gasteiger partial charge in [-0.3, -0.25) is 0 Å². The molecule has 1 saturated heterocycles. The SMILES string of the molecule is CC1(C)NCC[C@H]1C(F)(F)F. The lowest BCUT2D eigenvalue weighted by molar-refractivity contribution is -0.184. The van der Waals surface area contributed by atoms with E-state index in [2.05, 4.69) is 5.32 Å². The van der Waals surface area contributed by atoms with Crippen LogP contribution >= 0.6 is 0 Å². The van der Waals surface area contributed by atoms with Crippen LogP contribution in [0, 0.1) is 5.92 Å². The number of rotatable bonds is 0. The van der Waals surface area contributed by atoms with E-state index < -0.39 is 17.6 Å². The van der Waals surface area contributed by atoms with Gasteiger partial charge in [0.15, 0.2) is 0 Å². The van der Waals surface area contributed by atoms with Gasteiger partial charge in [-0.05, 0) is 26.8 Å². The third kappa shape index (κ3) is 1.67. The Morgan fingerprint density at radius 3 is 2.09 bits per heavy atom. The molecule has 1 rings (SSSR count). The summed E-state index contributed by atoms with van der Waals surface area (Å²) in [6.45, 7) is 3.66. The van der Waals surface area contributed by atoms with E-state index in [0.29, 0.717) is 6.54 Å². The normalized spacial score (nSPS) is 30.8. The molecule has 0 aromatic rings. The fraction of sp³-hybridized carbons (Fsp3) is 1.00. The summed E-state index contributed by atoms with van der Waals surface area (Å²) in [5, 5.41) is 2.83. The summed E-state index contributed by atoms with van der Waals surface area (Å²) in [4.78, 5) is 0. The molecule has 0 saturated carbocycles. The fourth-order valence-corrected chi connectivity index (χ4v) is 1.60. The Labute approximate surface area is 64.0 Å².